The number of benzene rings is 2. The Labute approximate surface area is 116 Å². The van der Waals surface area contributed by atoms with E-state index in [1.165, 1.54) is 6.07 Å². The molecule has 0 amide bonds. The lowest BCUT2D eigenvalue weighted by molar-refractivity contribution is 0.544. The van der Waals surface area contributed by atoms with E-state index in [1.807, 2.05) is 12.1 Å². The van der Waals surface area contributed by atoms with E-state index in [0.717, 1.165) is 17.7 Å². The second kappa shape index (κ2) is 6.13. The summed E-state index contributed by atoms with van der Waals surface area (Å²) in [6.07, 6.45) is 0.377. The maximum absolute atomic E-state index is 13.6. The lowest BCUT2D eigenvalue weighted by atomic mass is 9.98. The van der Waals surface area contributed by atoms with E-state index in [1.54, 1.807) is 19.2 Å². The standard InChI is InChI=1S/C15H14ClF2N/c1-19-15(10-2-4-12(16)5-3-10)9-11-8-13(17)6-7-14(11)18/h2-8,15,19H,9H2,1H3. The number of rotatable bonds is 4. The van der Waals surface area contributed by atoms with Crippen molar-refractivity contribution in [3.8, 4) is 0 Å². The number of halogens is 3. The van der Waals surface area contributed by atoms with Crippen molar-refractivity contribution >= 4 is 11.6 Å². The van der Waals surface area contributed by atoms with E-state index in [0.29, 0.717) is 17.0 Å². The van der Waals surface area contributed by atoms with Crippen LogP contribution in [-0.4, -0.2) is 7.05 Å². The van der Waals surface area contributed by atoms with Gasteiger partial charge in [-0.15, -0.1) is 0 Å². The predicted molar refractivity (Wildman–Crippen MR) is 73.3 cm³/mol. The SMILES string of the molecule is CNC(Cc1cc(F)ccc1F)c1ccc(Cl)cc1. The smallest absolute Gasteiger partial charge is 0.126 e. The summed E-state index contributed by atoms with van der Waals surface area (Å²) in [6, 6.07) is 10.7. The Bertz CT molecular complexity index is 555. The second-order valence-electron chi connectivity index (χ2n) is 4.33. The Morgan fingerprint density at radius 1 is 1.11 bits per heavy atom. The first-order chi connectivity index (χ1) is 9.10. The summed E-state index contributed by atoms with van der Waals surface area (Å²) in [5, 5.41) is 3.75. The van der Waals surface area contributed by atoms with Crippen molar-refractivity contribution in [2.45, 2.75) is 12.5 Å². The van der Waals surface area contributed by atoms with Crippen molar-refractivity contribution in [3.63, 3.8) is 0 Å². The highest BCUT2D eigenvalue weighted by atomic mass is 35.5. The monoisotopic (exact) mass is 281 g/mol. The van der Waals surface area contributed by atoms with Gasteiger partial charge in [0.2, 0.25) is 0 Å². The fourth-order valence-electron chi connectivity index (χ4n) is 2.00. The third kappa shape index (κ3) is 3.52. The first-order valence-corrected chi connectivity index (χ1v) is 6.34. The van der Waals surface area contributed by atoms with Gasteiger partial charge < -0.3 is 5.32 Å². The zero-order chi connectivity index (χ0) is 13.8. The number of likely N-dealkylation sites (N-methyl/N-ethyl adjacent to an activating group) is 1. The summed E-state index contributed by atoms with van der Waals surface area (Å²) in [5.41, 5.74) is 1.34. The summed E-state index contributed by atoms with van der Waals surface area (Å²) in [7, 11) is 1.79. The molecule has 100 valence electrons. The molecule has 2 aromatic carbocycles. The Hall–Kier alpha value is -1.45. The largest absolute Gasteiger partial charge is 0.313 e. The van der Waals surface area contributed by atoms with Crippen LogP contribution in [0.5, 0.6) is 0 Å². The zero-order valence-electron chi connectivity index (χ0n) is 10.5. The van der Waals surface area contributed by atoms with Gasteiger partial charge in [-0.3, -0.25) is 0 Å². The predicted octanol–water partition coefficient (Wildman–Crippen LogP) is 4.12. The molecule has 1 unspecified atom stereocenters. The van der Waals surface area contributed by atoms with Crippen molar-refractivity contribution in [3.05, 3.63) is 70.2 Å². The summed E-state index contributed by atoms with van der Waals surface area (Å²) < 4.78 is 26.8. The zero-order valence-corrected chi connectivity index (χ0v) is 11.2. The van der Waals surface area contributed by atoms with Crippen LogP contribution in [0.3, 0.4) is 0 Å². The van der Waals surface area contributed by atoms with Gasteiger partial charge in [0, 0.05) is 11.1 Å². The quantitative estimate of drug-likeness (QED) is 0.889. The van der Waals surface area contributed by atoms with Gasteiger partial charge in [-0.2, -0.15) is 0 Å². The lowest BCUT2D eigenvalue weighted by Gasteiger charge is -2.17. The van der Waals surface area contributed by atoms with Crippen LogP contribution in [0.1, 0.15) is 17.2 Å². The minimum atomic E-state index is -0.428. The topological polar surface area (TPSA) is 12.0 Å². The van der Waals surface area contributed by atoms with Gasteiger partial charge in [0.25, 0.3) is 0 Å². The van der Waals surface area contributed by atoms with Crippen LogP contribution in [0, 0.1) is 11.6 Å². The summed E-state index contributed by atoms with van der Waals surface area (Å²) >= 11 is 5.84. The molecular formula is C15H14ClF2N. The Morgan fingerprint density at radius 2 is 1.79 bits per heavy atom. The highest BCUT2D eigenvalue weighted by Crippen LogP contribution is 2.22. The van der Waals surface area contributed by atoms with Crippen molar-refractivity contribution < 1.29 is 8.78 Å². The summed E-state index contributed by atoms with van der Waals surface area (Å²) in [6.45, 7) is 0. The molecule has 0 aromatic heterocycles. The lowest BCUT2D eigenvalue weighted by Crippen LogP contribution is -2.19. The molecule has 4 heteroatoms. The molecule has 2 aromatic rings. The van der Waals surface area contributed by atoms with Gasteiger partial charge in [-0.25, -0.2) is 8.78 Å². The minimum absolute atomic E-state index is 0.0893. The molecule has 19 heavy (non-hydrogen) atoms. The molecule has 0 bridgehead atoms. The molecule has 2 rings (SSSR count). The average molecular weight is 282 g/mol. The summed E-state index contributed by atoms with van der Waals surface area (Å²) in [4.78, 5) is 0. The van der Waals surface area contributed by atoms with Crippen molar-refractivity contribution in [1.29, 1.82) is 0 Å². The first kappa shape index (κ1) is 14.0. The van der Waals surface area contributed by atoms with Crippen molar-refractivity contribution in [1.82, 2.24) is 5.32 Å². The van der Waals surface area contributed by atoms with Gasteiger partial charge in [0.15, 0.2) is 0 Å². The van der Waals surface area contributed by atoms with Gasteiger partial charge in [-0.05, 0) is 54.9 Å². The van der Waals surface area contributed by atoms with E-state index in [9.17, 15) is 8.78 Å². The molecule has 0 radical (unpaired) electrons. The number of nitrogens with one attached hydrogen (secondary N) is 1. The Kier molecular flexibility index (Phi) is 4.51. The van der Waals surface area contributed by atoms with E-state index >= 15 is 0 Å². The van der Waals surface area contributed by atoms with E-state index in [-0.39, 0.29) is 6.04 Å². The number of hydrogen-bond donors (Lipinski definition) is 1. The third-order valence-corrected chi connectivity index (χ3v) is 3.30. The molecule has 0 saturated carbocycles. The first-order valence-electron chi connectivity index (χ1n) is 5.97. The van der Waals surface area contributed by atoms with Crippen LogP contribution in [0.4, 0.5) is 8.78 Å². The normalized spacial score (nSPS) is 12.4. The molecule has 0 spiro atoms. The highest BCUT2D eigenvalue weighted by Gasteiger charge is 2.13. The Morgan fingerprint density at radius 3 is 2.42 bits per heavy atom. The van der Waals surface area contributed by atoms with Gasteiger partial charge >= 0.3 is 0 Å². The fourth-order valence-corrected chi connectivity index (χ4v) is 2.13. The molecule has 0 aliphatic carbocycles. The molecular weight excluding hydrogens is 268 g/mol. The van der Waals surface area contributed by atoms with E-state index < -0.39 is 11.6 Å². The molecule has 0 saturated heterocycles. The maximum Gasteiger partial charge on any atom is 0.126 e. The second-order valence-corrected chi connectivity index (χ2v) is 4.77. The fraction of sp³-hybridized carbons (Fsp3) is 0.200. The molecule has 0 aliphatic heterocycles. The van der Waals surface area contributed by atoms with Gasteiger partial charge in [0.05, 0.1) is 0 Å². The van der Waals surface area contributed by atoms with Crippen LogP contribution in [0.25, 0.3) is 0 Å². The van der Waals surface area contributed by atoms with Gasteiger partial charge in [-0.1, -0.05) is 23.7 Å². The van der Waals surface area contributed by atoms with Crippen LogP contribution in [0.15, 0.2) is 42.5 Å². The average Bonchev–Trinajstić information content (AvgIpc) is 2.41. The molecule has 0 aliphatic rings. The van der Waals surface area contributed by atoms with E-state index in [4.69, 9.17) is 11.6 Å². The minimum Gasteiger partial charge on any atom is -0.313 e. The van der Waals surface area contributed by atoms with Gasteiger partial charge in [0.1, 0.15) is 11.6 Å². The molecule has 1 nitrogen and oxygen atoms in total. The molecule has 1 N–H and O–H groups in total. The molecule has 0 fully saturated rings. The molecule has 1 atom stereocenters. The van der Waals surface area contributed by atoms with Crippen molar-refractivity contribution in [2.24, 2.45) is 0 Å². The third-order valence-electron chi connectivity index (χ3n) is 3.05. The Balaban J connectivity index is 2.23. The number of hydrogen-bond acceptors (Lipinski definition) is 1. The van der Waals surface area contributed by atoms with Crippen LogP contribution in [-0.2, 0) is 6.42 Å². The van der Waals surface area contributed by atoms with Crippen LogP contribution in [0.2, 0.25) is 5.02 Å². The van der Waals surface area contributed by atoms with Crippen LogP contribution < -0.4 is 5.32 Å². The van der Waals surface area contributed by atoms with Crippen molar-refractivity contribution in [2.75, 3.05) is 7.05 Å². The van der Waals surface area contributed by atoms with E-state index in [2.05, 4.69) is 5.32 Å². The van der Waals surface area contributed by atoms with Crippen LogP contribution >= 0.6 is 11.6 Å². The maximum atomic E-state index is 13.6. The molecule has 0 heterocycles. The summed E-state index contributed by atoms with van der Waals surface area (Å²) in [5.74, 6) is -0.821. The highest BCUT2D eigenvalue weighted by molar-refractivity contribution is 6.30.